The molecule has 13 nitrogen and oxygen atoms in total. The lowest BCUT2D eigenvalue weighted by Gasteiger charge is -2.32. The quantitative estimate of drug-likeness (QED) is 0.0252. The van der Waals surface area contributed by atoms with Crippen molar-refractivity contribution < 1.29 is 43.9 Å². The molecule has 4 atom stereocenters. The lowest BCUT2D eigenvalue weighted by molar-refractivity contribution is -0.148. The molecule has 8 rings (SSSR count). The number of aromatic hydroxyl groups is 2. The Morgan fingerprint density at radius 2 is 0.566 bits per heavy atom. The van der Waals surface area contributed by atoms with Crippen LogP contribution in [0.15, 0.2) is 194 Å². The van der Waals surface area contributed by atoms with Crippen LogP contribution in [0.25, 0.3) is 0 Å². The molecular formula is C100H142N4O9. The summed E-state index contributed by atoms with van der Waals surface area (Å²) < 4.78 is 17.2. The smallest absolute Gasteiger partial charge is 0.313 e. The summed E-state index contributed by atoms with van der Waals surface area (Å²) in [7, 11) is 0. The average Bonchev–Trinajstić information content (AvgIpc) is 0.823. The number of rotatable bonds is 36. The van der Waals surface area contributed by atoms with Gasteiger partial charge in [-0.15, -0.1) is 0 Å². The third-order valence-electron chi connectivity index (χ3n) is 21.2. The third kappa shape index (κ3) is 30.7. The molecule has 0 heterocycles. The predicted molar refractivity (Wildman–Crippen MR) is 470 cm³/mol. The molecule has 8 aromatic rings. The first-order valence-corrected chi connectivity index (χ1v) is 41.8. The van der Waals surface area contributed by atoms with Crippen LogP contribution in [0.1, 0.15) is 268 Å². The first-order chi connectivity index (χ1) is 53.5. The van der Waals surface area contributed by atoms with Crippen molar-refractivity contribution in [1.82, 2.24) is 19.6 Å². The molecule has 0 unspecified atom stereocenters. The zero-order chi connectivity index (χ0) is 83.8. The maximum absolute atomic E-state index is 12.5. The fraction of sp³-hybridized carbons (Fsp3) is 0.490. The third-order valence-corrected chi connectivity index (χ3v) is 21.2. The molecule has 0 radical (unpaired) electrons. The second-order valence-corrected chi connectivity index (χ2v) is 33.7. The van der Waals surface area contributed by atoms with Crippen LogP contribution in [-0.2, 0) is 32.3 Å². The van der Waals surface area contributed by atoms with Crippen molar-refractivity contribution in [2.45, 2.75) is 277 Å². The number of phenols is 2. The number of nitrogens with zero attached hydrogens (tertiary/aromatic N) is 4. The summed E-state index contributed by atoms with van der Waals surface area (Å²) >= 11 is 0. The normalized spacial score (nSPS) is 12.8. The maximum Gasteiger partial charge on any atom is 0.313 e. The van der Waals surface area contributed by atoms with Crippen LogP contribution >= 0.6 is 0 Å². The molecule has 0 aromatic heterocycles. The molecule has 3 N–H and O–H groups in total. The van der Waals surface area contributed by atoms with E-state index in [9.17, 15) is 29.7 Å². The van der Waals surface area contributed by atoms with Gasteiger partial charge in [0.2, 0.25) is 0 Å². The van der Waals surface area contributed by atoms with E-state index in [1.54, 1.807) is 12.1 Å². The largest absolute Gasteiger partial charge is 0.508 e. The second-order valence-electron chi connectivity index (χ2n) is 33.7. The molecule has 13 heteroatoms. The highest BCUT2D eigenvalue weighted by Crippen LogP contribution is 2.41. The highest BCUT2D eigenvalue weighted by atomic mass is 16.5. The van der Waals surface area contributed by atoms with E-state index in [-0.39, 0.29) is 72.5 Å². The van der Waals surface area contributed by atoms with Crippen LogP contribution in [0.4, 0.5) is 0 Å². The van der Waals surface area contributed by atoms with Gasteiger partial charge in [-0.1, -0.05) is 210 Å². The summed E-state index contributed by atoms with van der Waals surface area (Å²) in [6.07, 6.45) is 3.75. The topological polar surface area (TPSA) is 153 Å². The minimum atomic E-state index is -0.261. The van der Waals surface area contributed by atoms with Crippen LogP contribution in [0.5, 0.6) is 23.0 Å². The Balaban J connectivity index is 0.000000272. The summed E-state index contributed by atoms with van der Waals surface area (Å²) in [5.74, 6) is 1.20. The Kier molecular flexibility index (Phi) is 40.5. The van der Waals surface area contributed by atoms with Gasteiger partial charge in [-0.2, -0.15) is 0 Å². The molecule has 0 bridgehead atoms. The molecule has 0 saturated heterocycles. The number of hydrogen-bond donors (Lipinski definition) is 3. The Morgan fingerprint density at radius 3 is 0.876 bits per heavy atom. The van der Waals surface area contributed by atoms with Gasteiger partial charge in [-0.3, -0.25) is 34.0 Å². The zero-order valence-corrected chi connectivity index (χ0v) is 73.3. The number of aryl methyl sites for hydroxylation is 2. The van der Waals surface area contributed by atoms with Crippen molar-refractivity contribution in [2.24, 2.45) is 17.8 Å². The Morgan fingerprint density at radius 1 is 0.310 bits per heavy atom. The molecule has 0 aliphatic carbocycles. The molecule has 0 saturated carbocycles. The number of ether oxygens (including phenoxy) is 3. The first kappa shape index (κ1) is 95.2. The van der Waals surface area contributed by atoms with Crippen molar-refractivity contribution in [3.05, 3.63) is 261 Å². The minimum absolute atomic E-state index is 0.0150. The van der Waals surface area contributed by atoms with Crippen LogP contribution in [0.3, 0.4) is 0 Å². The molecule has 0 aliphatic heterocycles. The van der Waals surface area contributed by atoms with Gasteiger partial charge in [0.25, 0.3) is 0 Å². The lowest BCUT2D eigenvalue weighted by atomic mass is 9.86. The number of esters is 3. The van der Waals surface area contributed by atoms with E-state index in [2.05, 4.69) is 229 Å². The zero-order valence-electron chi connectivity index (χ0n) is 73.3. The van der Waals surface area contributed by atoms with Crippen molar-refractivity contribution >= 4 is 17.9 Å². The molecule has 113 heavy (non-hydrogen) atoms. The van der Waals surface area contributed by atoms with E-state index < -0.39 is 0 Å². The van der Waals surface area contributed by atoms with Crippen molar-refractivity contribution in [3.63, 3.8) is 0 Å². The van der Waals surface area contributed by atoms with Gasteiger partial charge in [0, 0.05) is 94.3 Å². The molecule has 0 aliphatic rings. The standard InChI is InChI=1S/C30H43NO4.C26H37NO2.C22H31NO2.C22H31NO/c1-20(2)29(32)34-19-24-14-15-28(35-30(33)21(3)4)27(18-24)26(25-12-10-9-11-13-25)16-17-31(22(5)6)23(7)8;1-18(2)26(28)29-25-14-13-21(7)17-24(25)23(22-11-9-8-10-12-22)15-16-27(19(3)4)20(5)6;1-16(2)23(17(3)4)13-12-20(19-8-6-5-7-9-19)21-14-18(15-24)10-11-22(21)25;1-16(2)23(17(3)4)14-13-20(19-9-7-6-8-10-19)21-15-18(5)11-12-22(21)24/h9-15,18,20-23,26H,16-17,19H2,1-8H3;8-14,17-20,23H,15-16H2,1-7H3;5-11,14,16-17,20,24-25H,12-13,15H2,1-4H3;6-12,15-17,20,24H,13-14H2,1-5H3/t26-;23-;2*20-/m1111/s1. The van der Waals surface area contributed by atoms with Gasteiger partial charge in [0.05, 0.1) is 24.4 Å². The van der Waals surface area contributed by atoms with E-state index >= 15 is 0 Å². The van der Waals surface area contributed by atoms with Crippen molar-refractivity contribution in [3.8, 4) is 23.0 Å². The van der Waals surface area contributed by atoms with Crippen LogP contribution in [0, 0.1) is 31.6 Å². The van der Waals surface area contributed by atoms with Gasteiger partial charge >= 0.3 is 17.9 Å². The number of benzene rings is 8. The van der Waals surface area contributed by atoms with Crippen LogP contribution in [0.2, 0.25) is 0 Å². The summed E-state index contributed by atoms with van der Waals surface area (Å²) in [5.41, 5.74) is 12.9. The predicted octanol–water partition coefficient (Wildman–Crippen LogP) is 22.7. The summed E-state index contributed by atoms with van der Waals surface area (Å²) in [6, 6.07) is 68.8. The number of carbonyl (C=O) groups is 3. The maximum atomic E-state index is 12.5. The van der Waals surface area contributed by atoms with E-state index in [4.69, 9.17) is 14.2 Å². The monoisotopic (exact) mass is 1540 g/mol. The fourth-order valence-corrected chi connectivity index (χ4v) is 15.1. The molecule has 0 spiro atoms. The Bertz CT molecular complexity index is 4030. The highest BCUT2D eigenvalue weighted by Gasteiger charge is 2.29. The summed E-state index contributed by atoms with van der Waals surface area (Å²) in [5, 5.41) is 30.4. The minimum Gasteiger partial charge on any atom is -0.508 e. The van der Waals surface area contributed by atoms with Crippen LogP contribution < -0.4 is 9.47 Å². The van der Waals surface area contributed by atoms with Gasteiger partial charge < -0.3 is 29.5 Å². The summed E-state index contributed by atoms with van der Waals surface area (Å²) in [4.78, 5) is 46.9. The molecule has 8 aromatic carbocycles. The Labute approximate surface area is 682 Å². The average molecular weight is 1540 g/mol. The molecular weight excluding hydrogens is 1400 g/mol. The molecule has 0 fully saturated rings. The SMILES string of the molecule is CC(C)C(=O)OCc1ccc(OC(=O)C(C)C)c([C@H](CCN(C(C)C)C(C)C)c2ccccc2)c1.CC(C)N(CC[C@H](c1ccccc1)c1cc(CO)ccc1O)C(C)C.Cc1ccc(O)c([C@H](CCN(C(C)C)C(C)C)c2ccccc2)c1.Cc1ccc(OC(=O)C(C)C)c([C@H](CCN(C(C)C)C(C)C)c2ccccc2)c1. The number of aliphatic hydroxyl groups excluding tert-OH is 1. The number of phenolic OH excluding ortho intramolecular Hbond substituents is 2. The van der Waals surface area contributed by atoms with Gasteiger partial charge in [0.15, 0.2) is 0 Å². The van der Waals surface area contributed by atoms with E-state index in [0.717, 1.165) is 90.8 Å². The second kappa shape index (κ2) is 48.1. The van der Waals surface area contributed by atoms with E-state index in [1.165, 1.54) is 27.8 Å². The van der Waals surface area contributed by atoms with Gasteiger partial charge in [0.1, 0.15) is 29.6 Å². The van der Waals surface area contributed by atoms with Crippen LogP contribution in [-0.4, -0.2) is 127 Å². The van der Waals surface area contributed by atoms with E-state index in [0.29, 0.717) is 71.3 Å². The van der Waals surface area contributed by atoms with Gasteiger partial charge in [-0.25, -0.2) is 0 Å². The Hall–Kier alpha value is -8.43. The molecule has 616 valence electrons. The first-order valence-electron chi connectivity index (χ1n) is 41.8. The van der Waals surface area contributed by atoms with Crippen molar-refractivity contribution in [1.29, 1.82) is 0 Å². The highest BCUT2D eigenvalue weighted by molar-refractivity contribution is 5.76. The number of carbonyl (C=O) groups excluding carboxylic acids is 3. The molecule has 0 amide bonds. The lowest BCUT2D eigenvalue weighted by Crippen LogP contribution is -2.38. The van der Waals surface area contributed by atoms with Gasteiger partial charge in [-0.05, 0) is 246 Å². The summed E-state index contributed by atoms with van der Waals surface area (Å²) in [6.45, 7) is 55.0. The number of aliphatic hydroxyl groups is 1. The van der Waals surface area contributed by atoms with E-state index in [1.807, 2.05) is 139 Å². The number of hydrogen-bond acceptors (Lipinski definition) is 13. The fourth-order valence-electron chi connectivity index (χ4n) is 15.1. The van der Waals surface area contributed by atoms with Crippen molar-refractivity contribution in [2.75, 3.05) is 26.2 Å².